The summed E-state index contributed by atoms with van der Waals surface area (Å²) in [7, 11) is 1.67. The van der Waals surface area contributed by atoms with E-state index in [9.17, 15) is 4.79 Å². The number of thiazole rings is 1. The number of rotatable bonds is 3. The van der Waals surface area contributed by atoms with Gasteiger partial charge in [0.1, 0.15) is 5.75 Å². The van der Waals surface area contributed by atoms with Gasteiger partial charge in [0, 0.05) is 28.2 Å². The predicted octanol–water partition coefficient (Wildman–Crippen LogP) is 4.81. The molecule has 0 spiro atoms. The molecular formula is C30H23N3O2S. The Labute approximate surface area is 211 Å². The normalized spacial score (nSPS) is 16.9. The second-order valence-corrected chi connectivity index (χ2v) is 10.2. The van der Waals surface area contributed by atoms with Crippen molar-refractivity contribution in [2.45, 2.75) is 18.9 Å². The third-order valence-corrected chi connectivity index (χ3v) is 8.17. The number of nitrogens with zero attached hydrogens (tertiary/aromatic N) is 2. The van der Waals surface area contributed by atoms with Crippen molar-refractivity contribution in [3.05, 3.63) is 127 Å². The minimum atomic E-state index is -0.218. The third-order valence-electron chi connectivity index (χ3n) is 7.19. The van der Waals surface area contributed by atoms with Crippen molar-refractivity contribution >= 4 is 34.0 Å². The van der Waals surface area contributed by atoms with Crippen LogP contribution in [0.15, 0.2) is 94.4 Å². The lowest BCUT2D eigenvalue weighted by atomic mass is 9.83. The van der Waals surface area contributed by atoms with Gasteiger partial charge in [-0.15, -0.1) is 0 Å². The average Bonchev–Trinajstić information content (AvgIpc) is 3.48. The third kappa shape index (κ3) is 3.22. The molecule has 0 amide bonds. The van der Waals surface area contributed by atoms with Gasteiger partial charge in [-0.05, 0) is 53.8 Å². The molecule has 1 aliphatic heterocycles. The van der Waals surface area contributed by atoms with Gasteiger partial charge in [0.15, 0.2) is 4.80 Å². The number of hydrogen-bond donors (Lipinski definition) is 1. The first-order valence-corrected chi connectivity index (χ1v) is 12.9. The van der Waals surface area contributed by atoms with E-state index < -0.39 is 0 Å². The molecule has 1 atom stereocenters. The lowest BCUT2D eigenvalue weighted by molar-refractivity contribution is 0.413. The molecule has 0 bridgehead atoms. The monoisotopic (exact) mass is 489 g/mol. The molecule has 2 aliphatic rings. The molecule has 0 fully saturated rings. The maximum absolute atomic E-state index is 14.0. The van der Waals surface area contributed by atoms with Crippen LogP contribution < -0.4 is 19.6 Å². The Morgan fingerprint density at radius 1 is 1.06 bits per heavy atom. The van der Waals surface area contributed by atoms with Crippen molar-refractivity contribution in [3.63, 3.8) is 0 Å². The van der Waals surface area contributed by atoms with Crippen LogP contribution in [-0.2, 0) is 6.42 Å². The zero-order valence-corrected chi connectivity index (χ0v) is 20.5. The van der Waals surface area contributed by atoms with Gasteiger partial charge in [-0.2, -0.15) is 0 Å². The van der Waals surface area contributed by atoms with Gasteiger partial charge < -0.3 is 9.72 Å². The molecule has 1 aliphatic carbocycles. The fraction of sp³-hybridized carbons (Fsp3) is 0.133. The Hall–Kier alpha value is -4.16. The van der Waals surface area contributed by atoms with E-state index in [1.165, 1.54) is 28.0 Å². The van der Waals surface area contributed by atoms with Crippen LogP contribution >= 0.6 is 11.3 Å². The Kier molecular flexibility index (Phi) is 4.82. The van der Waals surface area contributed by atoms with Crippen molar-refractivity contribution in [1.29, 1.82) is 0 Å². The van der Waals surface area contributed by atoms with E-state index >= 15 is 0 Å². The lowest BCUT2D eigenvalue weighted by Gasteiger charge is -2.31. The summed E-state index contributed by atoms with van der Waals surface area (Å²) < 4.78 is 8.10. The fourth-order valence-corrected chi connectivity index (χ4v) is 6.48. The highest BCUT2D eigenvalue weighted by molar-refractivity contribution is 7.07. The number of methoxy groups -OCH3 is 1. The molecule has 2 aromatic heterocycles. The number of hydrogen-bond acceptors (Lipinski definition) is 4. The highest BCUT2D eigenvalue weighted by Gasteiger charge is 2.32. The van der Waals surface area contributed by atoms with Crippen molar-refractivity contribution < 1.29 is 4.74 Å². The number of nitrogens with one attached hydrogen (secondary N) is 1. The molecule has 176 valence electrons. The second kappa shape index (κ2) is 8.21. The highest BCUT2D eigenvalue weighted by atomic mass is 32.1. The zero-order valence-electron chi connectivity index (χ0n) is 19.7. The number of aryl methyl sites for hydroxylation is 1. The SMILES string of the molecule is COc1cccc([C@H]2C3=C(N=c4s/c(=C\c5c[nH]c6ccccc56)c(=O)n42)c2ccccc2CC3)c1. The molecule has 0 radical (unpaired) electrons. The van der Waals surface area contributed by atoms with Gasteiger partial charge in [-0.25, -0.2) is 4.99 Å². The average molecular weight is 490 g/mol. The molecule has 0 saturated carbocycles. The largest absolute Gasteiger partial charge is 0.497 e. The van der Waals surface area contributed by atoms with Gasteiger partial charge in [-0.3, -0.25) is 9.36 Å². The predicted molar refractivity (Wildman–Crippen MR) is 144 cm³/mol. The number of H-pyrrole nitrogens is 1. The van der Waals surface area contributed by atoms with Crippen LogP contribution in [0.25, 0.3) is 22.7 Å². The standard InChI is InChI=1S/C30H23N3O2S/c1-35-21-9-6-8-19(15-21)28-24-14-13-18-7-2-3-11-23(18)27(24)32-30-33(28)29(34)26(36-30)16-20-17-31-25-12-5-4-10-22(20)25/h2-12,15-17,28,31H,13-14H2,1H3/b26-16-/t28-/m0/s1. The molecule has 3 heterocycles. The summed E-state index contributed by atoms with van der Waals surface area (Å²) in [4.78, 5) is 23.1. The van der Waals surface area contributed by atoms with Crippen molar-refractivity contribution in [2.24, 2.45) is 4.99 Å². The first-order valence-electron chi connectivity index (χ1n) is 12.0. The van der Waals surface area contributed by atoms with Gasteiger partial charge in [0.05, 0.1) is 23.4 Å². The quantitative estimate of drug-likeness (QED) is 0.396. The summed E-state index contributed by atoms with van der Waals surface area (Å²) in [5, 5.41) is 1.10. The fourth-order valence-electron chi connectivity index (χ4n) is 5.49. The van der Waals surface area contributed by atoms with Crippen LogP contribution in [0.4, 0.5) is 0 Å². The van der Waals surface area contributed by atoms with Crippen molar-refractivity contribution in [3.8, 4) is 5.75 Å². The van der Waals surface area contributed by atoms with Gasteiger partial charge in [0.2, 0.25) is 0 Å². The minimum Gasteiger partial charge on any atom is -0.497 e. The van der Waals surface area contributed by atoms with Crippen LogP contribution in [0.2, 0.25) is 0 Å². The van der Waals surface area contributed by atoms with E-state index in [-0.39, 0.29) is 11.6 Å². The number of aromatic nitrogens is 2. The molecule has 7 rings (SSSR count). The Balaban J connectivity index is 1.50. The van der Waals surface area contributed by atoms with Crippen LogP contribution in [0.3, 0.4) is 0 Å². The first-order chi connectivity index (χ1) is 17.7. The highest BCUT2D eigenvalue weighted by Crippen LogP contribution is 2.41. The van der Waals surface area contributed by atoms with E-state index in [4.69, 9.17) is 9.73 Å². The molecule has 1 N–H and O–H groups in total. The summed E-state index contributed by atoms with van der Waals surface area (Å²) >= 11 is 1.46. The van der Waals surface area contributed by atoms with E-state index in [1.54, 1.807) is 7.11 Å². The van der Waals surface area contributed by atoms with Crippen LogP contribution in [0.1, 0.15) is 34.7 Å². The summed E-state index contributed by atoms with van der Waals surface area (Å²) in [5.74, 6) is 0.781. The molecule has 0 saturated heterocycles. The number of ether oxygens (including phenoxy) is 1. The van der Waals surface area contributed by atoms with Crippen LogP contribution in [0.5, 0.6) is 5.75 Å². The molecule has 5 aromatic rings. The van der Waals surface area contributed by atoms with E-state index in [0.29, 0.717) is 4.53 Å². The molecule has 0 unspecified atom stereocenters. The Morgan fingerprint density at radius 3 is 2.83 bits per heavy atom. The summed E-state index contributed by atoms with van der Waals surface area (Å²) in [6.07, 6.45) is 5.75. The van der Waals surface area contributed by atoms with Gasteiger partial charge in [-0.1, -0.05) is 65.9 Å². The lowest BCUT2D eigenvalue weighted by Crippen LogP contribution is -2.38. The smallest absolute Gasteiger partial charge is 0.271 e. The second-order valence-electron chi connectivity index (χ2n) is 9.18. The number of allylic oxidation sites excluding steroid dienone is 1. The number of fused-ring (bicyclic) bond motifs is 4. The van der Waals surface area contributed by atoms with E-state index in [2.05, 4.69) is 41.4 Å². The molecule has 5 nitrogen and oxygen atoms in total. The van der Waals surface area contributed by atoms with Crippen LogP contribution in [-0.4, -0.2) is 16.7 Å². The van der Waals surface area contributed by atoms with Gasteiger partial charge >= 0.3 is 0 Å². The summed E-state index contributed by atoms with van der Waals surface area (Å²) in [6, 6.07) is 24.5. The molecule has 36 heavy (non-hydrogen) atoms. The molecule has 6 heteroatoms. The Bertz CT molecular complexity index is 1870. The van der Waals surface area contributed by atoms with Gasteiger partial charge in [0.25, 0.3) is 5.56 Å². The maximum Gasteiger partial charge on any atom is 0.271 e. The number of benzene rings is 3. The van der Waals surface area contributed by atoms with Crippen molar-refractivity contribution in [1.82, 2.24) is 9.55 Å². The number of aromatic amines is 1. The van der Waals surface area contributed by atoms with Crippen LogP contribution in [0, 0.1) is 0 Å². The van der Waals surface area contributed by atoms with E-state index in [1.807, 2.05) is 53.2 Å². The summed E-state index contributed by atoms with van der Waals surface area (Å²) in [6.45, 7) is 0. The van der Waals surface area contributed by atoms with Crippen molar-refractivity contribution in [2.75, 3.05) is 7.11 Å². The topological polar surface area (TPSA) is 59.4 Å². The zero-order chi connectivity index (χ0) is 24.2. The number of para-hydroxylation sites is 1. The molecular weight excluding hydrogens is 466 g/mol. The summed E-state index contributed by atoms with van der Waals surface area (Å²) in [5.41, 5.74) is 7.75. The minimum absolute atomic E-state index is 0.0118. The van der Waals surface area contributed by atoms with E-state index in [0.717, 1.165) is 51.1 Å². The Morgan fingerprint density at radius 2 is 1.92 bits per heavy atom. The maximum atomic E-state index is 14.0. The molecule has 3 aromatic carbocycles. The first kappa shape index (κ1) is 21.1.